The second-order valence-corrected chi connectivity index (χ2v) is 6.99. The Morgan fingerprint density at radius 2 is 1.67 bits per heavy atom. The number of aromatic nitrogens is 2. The van der Waals surface area contributed by atoms with Crippen LogP contribution in [-0.2, 0) is 17.9 Å². The molecule has 2 aromatic carbocycles. The van der Waals surface area contributed by atoms with Gasteiger partial charge in [0.05, 0.1) is 12.2 Å². The van der Waals surface area contributed by atoms with Crippen molar-refractivity contribution < 1.29 is 9.90 Å². The van der Waals surface area contributed by atoms with Gasteiger partial charge in [-0.05, 0) is 26.3 Å². The third kappa shape index (κ3) is 4.83. The molecule has 0 saturated carbocycles. The molecule has 0 aliphatic heterocycles. The molecule has 5 heteroatoms. The van der Waals surface area contributed by atoms with Gasteiger partial charge in [-0.3, -0.25) is 9.48 Å². The summed E-state index contributed by atoms with van der Waals surface area (Å²) in [6.07, 6.45) is 2.00. The van der Waals surface area contributed by atoms with Crippen LogP contribution < -0.4 is 5.32 Å². The summed E-state index contributed by atoms with van der Waals surface area (Å²) < 4.78 is 1.92. The van der Waals surface area contributed by atoms with Gasteiger partial charge in [-0.1, -0.05) is 59.7 Å². The highest BCUT2D eigenvalue weighted by Crippen LogP contribution is 2.23. The summed E-state index contributed by atoms with van der Waals surface area (Å²) in [5.41, 5.74) is 6.50. The molecule has 1 unspecified atom stereocenters. The van der Waals surface area contributed by atoms with E-state index in [1.54, 1.807) is 6.92 Å². The van der Waals surface area contributed by atoms with Gasteiger partial charge >= 0.3 is 5.97 Å². The van der Waals surface area contributed by atoms with Crippen LogP contribution in [0.3, 0.4) is 0 Å². The number of nitrogens with one attached hydrogen (secondary N) is 1. The monoisotopic (exact) mass is 363 g/mol. The molecule has 3 rings (SSSR count). The topological polar surface area (TPSA) is 67.2 Å². The van der Waals surface area contributed by atoms with Crippen molar-refractivity contribution >= 4 is 5.97 Å². The van der Waals surface area contributed by atoms with Crippen LogP contribution in [0.5, 0.6) is 0 Å². The molecular formula is C22H25N3O2. The molecule has 1 aromatic heterocycles. The molecule has 0 aliphatic carbocycles. The van der Waals surface area contributed by atoms with Gasteiger partial charge in [-0.2, -0.15) is 5.10 Å². The molecule has 3 aromatic rings. The Bertz CT molecular complexity index is 912. The average Bonchev–Trinajstić information content (AvgIpc) is 3.04. The maximum absolute atomic E-state index is 11.1. The van der Waals surface area contributed by atoms with Crippen molar-refractivity contribution in [1.82, 2.24) is 15.1 Å². The molecule has 1 heterocycles. The van der Waals surface area contributed by atoms with Crippen LogP contribution in [0.15, 0.2) is 54.7 Å². The summed E-state index contributed by atoms with van der Waals surface area (Å²) in [6.45, 7) is 6.89. The van der Waals surface area contributed by atoms with Gasteiger partial charge in [-0.25, -0.2) is 0 Å². The number of aliphatic carboxylic acids is 1. The van der Waals surface area contributed by atoms with E-state index in [0.717, 1.165) is 16.8 Å². The van der Waals surface area contributed by atoms with Crippen LogP contribution >= 0.6 is 0 Å². The molecule has 2 N–H and O–H groups in total. The van der Waals surface area contributed by atoms with Crippen LogP contribution in [-0.4, -0.2) is 26.9 Å². The summed E-state index contributed by atoms with van der Waals surface area (Å²) in [5, 5.41) is 16.9. The first-order valence-corrected chi connectivity index (χ1v) is 9.07. The van der Waals surface area contributed by atoms with Gasteiger partial charge in [0.15, 0.2) is 0 Å². The Morgan fingerprint density at radius 3 is 2.26 bits per heavy atom. The Labute approximate surface area is 159 Å². The Morgan fingerprint density at radius 1 is 1.07 bits per heavy atom. The Hall–Kier alpha value is -2.92. The number of benzene rings is 2. The first-order valence-electron chi connectivity index (χ1n) is 9.07. The zero-order chi connectivity index (χ0) is 19.4. The molecule has 0 spiro atoms. The first kappa shape index (κ1) is 18.9. The third-order valence-corrected chi connectivity index (χ3v) is 4.60. The predicted octanol–water partition coefficient (Wildman–Crippen LogP) is 3.78. The van der Waals surface area contributed by atoms with Gasteiger partial charge in [0.1, 0.15) is 6.04 Å². The number of carboxylic acids is 1. The van der Waals surface area contributed by atoms with E-state index in [-0.39, 0.29) is 0 Å². The van der Waals surface area contributed by atoms with Gasteiger partial charge in [0.2, 0.25) is 0 Å². The quantitative estimate of drug-likeness (QED) is 0.670. The SMILES string of the molecule is Cc1ccc(Cn2cc(CNC(C)C(=O)O)c(-c3ccc(C)cc3)n2)cc1. The summed E-state index contributed by atoms with van der Waals surface area (Å²) in [7, 11) is 0. The fourth-order valence-corrected chi connectivity index (χ4v) is 2.86. The minimum Gasteiger partial charge on any atom is -0.480 e. The molecular weight excluding hydrogens is 338 g/mol. The molecule has 5 nitrogen and oxygen atoms in total. The van der Waals surface area contributed by atoms with Crippen LogP contribution in [0.2, 0.25) is 0 Å². The van der Waals surface area contributed by atoms with Gasteiger partial charge in [-0.15, -0.1) is 0 Å². The summed E-state index contributed by atoms with van der Waals surface area (Å²) in [6, 6.07) is 16.0. The zero-order valence-corrected chi connectivity index (χ0v) is 15.9. The molecule has 0 amide bonds. The second-order valence-electron chi connectivity index (χ2n) is 6.99. The van der Waals surface area contributed by atoms with Crippen molar-refractivity contribution in [2.24, 2.45) is 0 Å². The lowest BCUT2D eigenvalue weighted by Crippen LogP contribution is -2.33. The fourth-order valence-electron chi connectivity index (χ4n) is 2.86. The van der Waals surface area contributed by atoms with Crippen molar-refractivity contribution in [2.75, 3.05) is 0 Å². The molecule has 27 heavy (non-hydrogen) atoms. The highest BCUT2D eigenvalue weighted by molar-refractivity contribution is 5.73. The smallest absolute Gasteiger partial charge is 0.320 e. The highest BCUT2D eigenvalue weighted by Gasteiger charge is 2.15. The van der Waals surface area contributed by atoms with Crippen molar-refractivity contribution in [3.63, 3.8) is 0 Å². The lowest BCUT2D eigenvalue weighted by molar-refractivity contribution is -0.139. The normalized spacial score (nSPS) is 12.1. The Balaban J connectivity index is 1.88. The van der Waals surface area contributed by atoms with Gasteiger partial charge in [0.25, 0.3) is 0 Å². The minimum atomic E-state index is -0.862. The third-order valence-electron chi connectivity index (χ3n) is 4.60. The van der Waals surface area contributed by atoms with Gasteiger partial charge in [0, 0.05) is 23.9 Å². The maximum atomic E-state index is 11.1. The molecule has 0 saturated heterocycles. The lowest BCUT2D eigenvalue weighted by Gasteiger charge is -2.09. The van der Waals surface area contributed by atoms with E-state index in [1.165, 1.54) is 16.7 Å². The lowest BCUT2D eigenvalue weighted by atomic mass is 10.1. The van der Waals surface area contributed by atoms with E-state index >= 15 is 0 Å². The van der Waals surface area contributed by atoms with Crippen molar-refractivity contribution in [3.05, 3.63) is 77.0 Å². The van der Waals surface area contributed by atoms with Crippen LogP contribution in [0, 0.1) is 13.8 Å². The van der Waals surface area contributed by atoms with E-state index in [1.807, 2.05) is 10.9 Å². The molecule has 140 valence electrons. The van der Waals surface area contributed by atoms with E-state index < -0.39 is 12.0 Å². The first-order chi connectivity index (χ1) is 12.9. The number of carbonyl (C=O) groups is 1. The summed E-state index contributed by atoms with van der Waals surface area (Å²) >= 11 is 0. The van der Waals surface area contributed by atoms with E-state index in [4.69, 9.17) is 10.2 Å². The number of aryl methyl sites for hydroxylation is 2. The largest absolute Gasteiger partial charge is 0.480 e. The van der Waals surface area contributed by atoms with Crippen LogP contribution in [0.25, 0.3) is 11.3 Å². The standard InChI is InChI=1S/C22H25N3O2/c1-15-4-8-18(9-5-15)13-25-14-20(12-23-17(3)22(26)27)21(24-25)19-10-6-16(2)7-11-19/h4-11,14,17,23H,12-13H2,1-3H3,(H,26,27). The van der Waals surface area contributed by atoms with E-state index in [2.05, 4.69) is 67.7 Å². The number of hydrogen-bond acceptors (Lipinski definition) is 3. The van der Waals surface area contributed by atoms with Crippen molar-refractivity contribution in [3.8, 4) is 11.3 Å². The highest BCUT2D eigenvalue weighted by atomic mass is 16.4. The number of carboxylic acid groups (broad SMARTS) is 1. The number of rotatable bonds is 7. The number of nitrogens with zero attached hydrogens (tertiary/aromatic N) is 2. The molecule has 0 radical (unpaired) electrons. The average molecular weight is 363 g/mol. The summed E-state index contributed by atoms with van der Waals surface area (Å²) in [4.78, 5) is 11.1. The van der Waals surface area contributed by atoms with Crippen molar-refractivity contribution in [1.29, 1.82) is 0 Å². The molecule has 0 aliphatic rings. The minimum absolute atomic E-state index is 0.449. The molecule has 1 atom stereocenters. The van der Waals surface area contributed by atoms with Gasteiger partial charge < -0.3 is 10.4 Å². The second kappa shape index (κ2) is 8.18. The van der Waals surface area contributed by atoms with Crippen molar-refractivity contribution in [2.45, 2.75) is 39.9 Å². The van der Waals surface area contributed by atoms with E-state index in [9.17, 15) is 4.79 Å². The predicted molar refractivity (Wildman–Crippen MR) is 107 cm³/mol. The Kier molecular flexibility index (Phi) is 5.72. The zero-order valence-electron chi connectivity index (χ0n) is 15.9. The maximum Gasteiger partial charge on any atom is 0.320 e. The fraction of sp³-hybridized carbons (Fsp3) is 0.273. The molecule has 0 fully saturated rings. The van der Waals surface area contributed by atoms with Crippen LogP contribution in [0.1, 0.15) is 29.2 Å². The summed E-state index contributed by atoms with van der Waals surface area (Å²) in [5.74, 6) is -0.862. The number of hydrogen-bond donors (Lipinski definition) is 2. The van der Waals surface area contributed by atoms with E-state index in [0.29, 0.717) is 13.1 Å². The van der Waals surface area contributed by atoms with Crippen LogP contribution in [0.4, 0.5) is 0 Å². The molecule has 0 bridgehead atoms.